The van der Waals surface area contributed by atoms with E-state index in [0.717, 1.165) is 0 Å². The Labute approximate surface area is 91.5 Å². The smallest absolute Gasteiger partial charge is 0.166 e. The fraction of sp³-hybridized carbons (Fsp3) is 0.200. The van der Waals surface area contributed by atoms with Crippen LogP contribution >= 0.6 is 11.6 Å². The minimum atomic E-state index is -0.311. The summed E-state index contributed by atoms with van der Waals surface area (Å²) in [6.45, 7) is 0. The second kappa shape index (κ2) is 3.98. The van der Waals surface area contributed by atoms with Crippen molar-refractivity contribution in [1.82, 2.24) is 14.8 Å². The standard InChI is InChI=1S/C10H9ClFN3/c1-15-9(6-11)13-14-10(15)7-4-2-3-5-8(7)12/h2-5H,6H2,1H3. The van der Waals surface area contributed by atoms with Crippen molar-refractivity contribution in [3.63, 3.8) is 0 Å². The van der Waals surface area contributed by atoms with E-state index in [1.54, 1.807) is 29.8 Å². The molecule has 0 spiro atoms. The van der Waals surface area contributed by atoms with Crippen molar-refractivity contribution < 1.29 is 4.39 Å². The Morgan fingerprint density at radius 1 is 1.33 bits per heavy atom. The largest absolute Gasteiger partial charge is 0.313 e. The zero-order valence-electron chi connectivity index (χ0n) is 8.11. The molecule has 0 fully saturated rings. The quantitative estimate of drug-likeness (QED) is 0.735. The van der Waals surface area contributed by atoms with E-state index in [2.05, 4.69) is 10.2 Å². The van der Waals surface area contributed by atoms with Crippen LogP contribution < -0.4 is 0 Å². The summed E-state index contributed by atoms with van der Waals surface area (Å²) < 4.78 is 15.1. The number of rotatable bonds is 2. The molecule has 5 heteroatoms. The van der Waals surface area contributed by atoms with Crippen molar-refractivity contribution >= 4 is 11.6 Å². The lowest BCUT2D eigenvalue weighted by Crippen LogP contribution is -1.98. The van der Waals surface area contributed by atoms with Crippen molar-refractivity contribution in [3.8, 4) is 11.4 Å². The molecule has 0 amide bonds. The summed E-state index contributed by atoms with van der Waals surface area (Å²) >= 11 is 5.66. The average Bonchev–Trinajstić information content (AvgIpc) is 2.60. The second-order valence-electron chi connectivity index (χ2n) is 3.11. The number of aromatic nitrogens is 3. The Kier molecular flexibility index (Phi) is 2.68. The molecule has 0 aliphatic heterocycles. The van der Waals surface area contributed by atoms with Crippen LogP contribution in [0.4, 0.5) is 4.39 Å². The van der Waals surface area contributed by atoms with Crippen LogP contribution in [0.5, 0.6) is 0 Å². The number of hydrogen-bond acceptors (Lipinski definition) is 2. The molecule has 0 atom stereocenters. The van der Waals surface area contributed by atoms with Gasteiger partial charge in [-0.25, -0.2) is 4.39 Å². The molecule has 0 radical (unpaired) electrons. The van der Waals surface area contributed by atoms with Crippen LogP contribution in [0.15, 0.2) is 24.3 Å². The Hall–Kier alpha value is -1.42. The predicted molar refractivity (Wildman–Crippen MR) is 56.0 cm³/mol. The maximum Gasteiger partial charge on any atom is 0.166 e. The van der Waals surface area contributed by atoms with Crippen molar-refractivity contribution in [2.24, 2.45) is 7.05 Å². The van der Waals surface area contributed by atoms with E-state index in [1.807, 2.05) is 0 Å². The molecular formula is C10H9ClFN3. The lowest BCUT2D eigenvalue weighted by atomic mass is 10.2. The fourth-order valence-electron chi connectivity index (χ4n) is 1.35. The van der Waals surface area contributed by atoms with Gasteiger partial charge in [-0.3, -0.25) is 0 Å². The second-order valence-corrected chi connectivity index (χ2v) is 3.38. The van der Waals surface area contributed by atoms with Crippen molar-refractivity contribution in [1.29, 1.82) is 0 Å². The first kappa shape index (κ1) is 10.1. The van der Waals surface area contributed by atoms with E-state index in [9.17, 15) is 4.39 Å². The van der Waals surface area contributed by atoms with Gasteiger partial charge >= 0.3 is 0 Å². The summed E-state index contributed by atoms with van der Waals surface area (Å²) in [6.07, 6.45) is 0. The molecule has 3 nitrogen and oxygen atoms in total. The molecule has 0 saturated heterocycles. The summed E-state index contributed by atoms with van der Waals surface area (Å²) in [5, 5.41) is 7.77. The molecule has 0 aliphatic carbocycles. The van der Waals surface area contributed by atoms with Crippen LogP contribution in [0, 0.1) is 5.82 Å². The highest BCUT2D eigenvalue weighted by Gasteiger charge is 2.12. The number of halogens is 2. The predicted octanol–water partition coefficient (Wildman–Crippen LogP) is 2.36. The van der Waals surface area contributed by atoms with Crippen molar-refractivity contribution in [3.05, 3.63) is 35.9 Å². The van der Waals surface area contributed by atoms with Crippen LogP contribution in [0.2, 0.25) is 0 Å². The SMILES string of the molecule is Cn1c(CCl)nnc1-c1ccccc1F. The van der Waals surface area contributed by atoms with Crippen LogP contribution in [0.25, 0.3) is 11.4 Å². The van der Waals surface area contributed by atoms with Gasteiger partial charge in [0.25, 0.3) is 0 Å². The van der Waals surface area contributed by atoms with Gasteiger partial charge in [-0.15, -0.1) is 21.8 Å². The van der Waals surface area contributed by atoms with Gasteiger partial charge < -0.3 is 4.57 Å². The normalized spacial score (nSPS) is 10.6. The molecule has 15 heavy (non-hydrogen) atoms. The zero-order valence-corrected chi connectivity index (χ0v) is 8.87. The van der Waals surface area contributed by atoms with Crippen LogP contribution in [0.1, 0.15) is 5.82 Å². The highest BCUT2D eigenvalue weighted by Crippen LogP contribution is 2.20. The van der Waals surface area contributed by atoms with Gasteiger partial charge in [0.1, 0.15) is 11.6 Å². The van der Waals surface area contributed by atoms with E-state index in [1.165, 1.54) is 6.07 Å². The first-order chi connectivity index (χ1) is 7.24. The number of benzene rings is 1. The highest BCUT2D eigenvalue weighted by molar-refractivity contribution is 6.16. The third-order valence-electron chi connectivity index (χ3n) is 2.20. The molecule has 1 aromatic carbocycles. The third kappa shape index (κ3) is 1.72. The molecule has 1 aromatic heterocycles. The first-order valence-corrected chi connectivity index (χ1v) is 4.96. The molecule has 2 aromatic rings. The van der Waals surface area contributed by atoms with Gasteiger partial charge in [0.15, 0.2) is 5.82 Å². The molecule has 0 bridgehead atoms. The van der Waals surface area contributed by atoms with Gasteiger partial charge in [-0.2, -0.15) is 0 Å². The molecule has 78 valence electrons. The van der Waals surface area contributed by atoms with E-state index in [-0.39, 0.29) is 11.7 Å². The van der Waals surface area contributed by atoms with Crippen molar-refractivity contribution in [2.45, 2.75) is 5.88 Å². The molecule has 0 N–H and O–H groups in total. The first-order valence-electron chi connectivity index (χ1n) is 4.43. The van der Waals surface area contributed by atoms with E-state index in [4.69, 9.17) is 11.6 Å². The lowest BCUT2D eigenvalue weighted by molar-refractivity contribution is 0.628. The summed E-state index contributed by atoms with van der Waals surface area (Å²) in [6, 6.07) is 6.45. The van der Waals surface area contributed by atoms with Gasteiger partial charge in [0, 0.05) is 7.05 Å². The molecule has 0 aliphatic rings. The topological polar surface area (TPSA) is 30.7 Å². The van der Waals surface area contributed by atoms with Gasteiger partial charge in [0.05, 0.1) is 11.4 Å². The molecule has 2 rings (SSSR count). The highest BCUT2D eigenvalue weighted by atomic mass is 35.5. The van der Waals surface area contributed by atoms with Crippen LogP contribution in [-0.4, -0.2) is 14.8 Å². The minimum absolute atomic E-state index is 0.262. The average molecular weight is 226 g/mol. The number of nitrogens with zero attached hydrogens (tertiary/aromatic N) is 3. The minimum Gasteiger partial charge on any atom is -0.313 e. The summed E-state index contributed by atoms with van der Waals surface area (Å²) in [4.78, 5) is 0. The Bertz CT molecular complexity index is 481. The molecule has 0 unspecified atom stereocenters. The molecular weight excluding hydrogens is 217 g/mol. The maximum atomic E-state index is 13.5. The monoisotopic (exact) mass is 225 g/mol. The zero-order chi connectivity index (χ0) is 10.8. The Morgan fingerprint density at radius 2 is 2.07 bits per heavy atom. The fourth-order valence-corrected chi connectivity index (χ4v) is 1.59. The number of hydrogen-bond donors (Lipinski definition) is 0. The van der Waals surface area contributed by atoms with Crippen molar-refractivity contribution in [2.75, 3.05) is 0 Å². The third-order valence-corrected chi connectivity index (χ3v) is 2.44. The van der Waals surface area contributed by atoms with Gasteiger partial charge in [-0.1, -0.05) is 12.1 Å². The van der Waals surface area contributed by atoms with Crippen LogP contribution in [0.3, 0.4) is 0 Å². The summed E-state index contributed by atoms with van der Waals surface area (Å²) in [7, 11) is 1.76. The molecule has 1 heterocycles. The molecule has 0 saturated carbocycles. The van der Waals surface area contributed by atoms with Gasteiger partial charge in [-0.05, 0) is 12.1 Å². The maximum absolute atomic E-state index is 13.5. The van der Waals surface area contributed by atoms with Gasteiger partial charge in [0.2, 0.25) is 0 Å². The lowest BCUT2D eigenvalue weighted by Gasteiger charge is -2.02. The Morgan fingerprint density at radius 3 is 2.67 bits per heavy atom. The Balaban J connectivity index is 2.55. The van der Waals surface area contributed by atoms with E-state index < -0.39 is 0 Å². The number of alkyl halides is 1. The van der Waals surface area contributed by atoms with Crippen LogP contribution in [-0.2, 0) is 12.9 Å². The summed E-state index contributed by atoms with van der Waals surface area (Å²) in [5.41, 5.74) is 0.434. The van der Waals surface area contributed by atoms with E-state index in [0.29, 0.717) is 17.2 Å². The van der Waals surface area contributed by atoms with E-state index >= 15 is 0 Å². The summed E-state index contributed by atoms with van der Waals surface area (Å²) in [5.74, 6) is 1.06.